The van der Waals surface area contributed by atoms with Crippen molar-refractivity contribution in [3.63, 3.8) is 0 Å². The molecule has 0 bridgehead atoms. The Balaban J connectivity index is 1.92. The molecule has 2 rings (SSSR count). The summed E-state index contributed by atoms with van der Waals surface area (Å²) in [5.41, 5.74) is 0.955. The summed E-state index contributed by atoms with van der Waals surface area (Å²) < 4.78 is 0. The molecule has 0 unspecified atom stereocenters. The van der Waals surface area contributed by atoms with Crippen LogP contribution in [0.4, 0.5) is 0 Å². The molecular formula is C13H17NO2. The smallest absolute Gasteiger partial charge is 0.249 e. The van der Waals surface area contributed by atoms with E-state index in [9.17, 15) is 10.0 Å². The fourth-order valence-corrected chi connectivity index (χ4v) is 2.22. The van der Waals surface area contributed by atoms with E-state index < -0.39 is 0 Å². The van der Waals surface area contributed by atoms with Gasteiger partial charge in [0.1, 0.15) is 0 Å². The molecule has 1 N–H and O–H groups in total. The molecule has 0 atom stereocenters. The molecule has 3 heteroatoms. The van der Waals surface area contributed by atoms with Crippen LogP contribution in [0.15, 0.2) is 30.3 Å². The predicted molar refractivity (Wildman–Crippen MR) is 60.7 cm³/mol. The van der Waals surface area contributed by atoms with Crippen LogP contribution in [0.5, 0.6) is 0 Å². The first-order valence-corrected chi connectivity index (χ1v) is 5.81. The molecule has 1 amide bonds. The van der Waals surface area contributed by atoms with Crippen molar-refractivity contribution in [3.8, 4) is 0 Å². The van der Waals surface area contributed by atoms with Gasteiger partial charge in [-0.3, -0.25) is 10.0 Å². The molecule has 1 aliphatic carbocycles. The van der Waals surface area contributed by atoms with Gasteiger partial charge < -0.3 is 0 Å². The third kappa shape index (κ3) is 2.61. The fraction of sp³-hybridized carbons (Fsp3) is 0.462. The quantitative estimate of drug-likeness (QED) is 0.627. The Hall–Kier alpha value is -1.35. The molecule has 0 heterocycles. The number of rotatable bonds is 3. The first-order chi connectivity index (χ1) is 7.77. The number of carbonyl (C=O) groups is 1. The summed E-state index contributed by atoms with van der Waals surface area (Å²) in [5.74, 6) is -0.0879. The fourth-order valence-electron chi connectivity index (χ4n) is 2.22. The minimum Gasteiger partial charge on any atom is -0.286 e. The van der Waals surface area contributed by atoms with Gasteiger partial charge in [0.05, 0.1) is 6.54 Å². The molecule has 0 aromatic heterocycles. The minimum absolute atomic E-state index is 0.0358. The van der Waals surface area contributed by atoms with Gasteiger partial charge in [0.2, 0.25) is 5.91 Å². The van der Waals surface area contributed by atoms with Gasteiger partial charge in [0, 0.05) is 5.92 Å². The maximum absolute atomic E-state index is 11.8. The van der Waals surface area contributed by atoms with Crippen LogP contribution >= 0.6 is 0 Å². The molecule has 3 nitrogen and oxygen atoms in total. The molecule has 1 aromatic rings. The Morgan fingerprint density at radius 1 is 1.25 bits per heavy atom. The highest BCUT2D eigenvalue weighted by atomic mass is 16.5. The molecule has 16 heavy (non-hydrogen) atoms. The SMILES string of the molecule is O=C(C1CCCC1)N(O)Cc1ccccc1. The van der Waals surface area contributed by atoms with Crippen LogP contribution in [-0.2, 0) is 11.3 Å². The van der Waals surface area contributed by atoms with E-state index in [1.165, 1.54) is 0 Å². The lowest BCUT2D eigenvalue weighted by molar-refractivity contribution is -0.172. The Kier molecular flexibility index (Phi) is 3.57. The Labute approximate surface area is 95.6 Å². The van der Waals surface area contributed by atoms with Gasteiger partial charge in [-0.2, -0.15) is 0 Å². The van der Waals surface area contributed by atoms with E-state index in [0.29, 0.717) is 0 Å². The maximum Gasteiger partial charge on any atom is 0.249 e. The lowest BCUT2D eigenvalue weighted by Gasteiger charge is -2.18. The highest BCUT2D eigenvalue weighted by molar-refractivity contribution is 5.77. The number of carbonyl (C=O) groups excluding carboxylic acids is 1. The van der Waals surface area contributed by atoms with Crippen LogP contribution in [0.1, 0.15) is 31.2 Å². The minimum atomic E-state index is -0.124. The van der Waals surface area contributed by atoms with E-state index in [0.717, 1.165) is 36.3 Å². The number of hydroxylamine groups is 2. The molecule has 0 spiro atoms. The summed E-state index contributed by atoms with van der Waals surface area (Å²) in [6.45, 7) is 0.288. The lowest BCUT2D eigenvalue weighted by atomic mass is 10.1. The second kappa shape index (κ2) is 5.12. The van der Waals surface area contributed by atoms with E-state index in [-0.39, 0.29) is 18.4 Å². The first kappa shape index (κ1) is 11.1. The molecular weight excluding hydrogens is 202 g/mol. The Morgan fingerprint density at radius 2 is 1.88 bits per heavy atom. The van der Waals surface area contributed by atoms with Crippen molar-refractivity contribution in [2.45, 2.75) is 32.2 Å². The van der Waals surface area contributed by atoms with E-state index in [1.807, 2.05) is 30.3 Å². The van der Waals surface area contributed by atoms with E-state index in [2.05, 4.69) is 0 Å². The topological polar surface area (TPSA) is 40.5 Å². The van der Waals surface area contributed by atoms with Gasteiger partial charge in [-0.05, 0) is 18.4 Å². The van der Waals surface area contributed by atoms with Crippen LogP contribution in [0.2, 0.25) is 0 Å². The highest BCUT2D eigenvalue weighted by Crippen LogP contribution is 2.26. The zero-order chi connectivity index (χ0) is 11.4. The summed E-state index contributed by atoms with van der Waals surface area (Å²) >= 11 is 0. The average Bonchev–Trinajstić information content (AvgIpc) is 2.83. The van der Waals surface area contributed by atoms with Crippen LogP contribution in [0.3, 0.4) is 0 Å². The van der Waals surface area contributed by atoms with Gasteiger partial charge in [-0.1, -0.05) is 43.2 Å². The summed E-state index contributed by atoms with van der Waals surface area (Å²) in [6.07, 6.45) is 4.06. The highest BCUT2D eigenvalue weighted by Gasteiger charge is 2.26. The molecule has 1 fully saturated rings. The van der Waals surface area contributed by atoms with E-state index >= 15 is 0 Å². The number of amides is 1. The number of hydrogen-bond donors (Lipinski definition) is 1. The molecule has 0 aliphatic heterocycles. The predicted octanol–water partition coefficient (Wildman–Crippen LogP) is 2.59. The zero-order valence-corrected chi connectivity index (χ0v) is 9.30. The lowest BCUT2D eigenvalue weighted by Crippen LogP contribution is -2.31. The summed E-state index contributed by atoms with van der Waals surface area (Å²) in [6, 6.07) is 9.55. The van der Waals surface area contributed by atoms with Crippen molar-refractivity contribution >= 4 is 5.91 Å². The van der Waals surface area contributed by atoms with Gasteiger partial charge >= 0.3 is 0 Å². The number of hydrogen-bond acceptors (Lipinski definition) is 2. The molecule has 0 saturated heterocycles. The standard InChI is InChI=1S/C13H17NO2/c15-13(12-8-4-5-9-12)14(16)10-11-6-2-1-3-7-11/h1-3,6-7,12,16H,4-5,8-10H2. The first-order valence-electron chi connectivity index (χ1n) is 5.81. The van der Waals surface area contributed by atoms with Gasteiger partial charge in [0.25, 0.3) is 0 Å². The largest absolute Gasteiger partial charge is 0.286 e. The Bertz CT molecular complexity index is 344. The van der Waals surface area contributed by atoms with Crippen LogP contribution in [0, 0.1) is 5.92 Å². The van der Waals surface area contributed by atoms with Crippen LogP contribution in [-0.4, -0.2) is 16.2 Å². The molecule has 0 radical (unpaired) electrons. The maximum atomic E-state index is 11.8. The monoisotopic (exact) mass is 219 g/mol. The van der Waals surface area contributed by atoms with Crippen molar-refractivity contribution in [2.24, 2.45) is 5.92 Å². The Morgan fingerprint density at radius 3 is 2.50 bits per heavy atom. The number of benzene rings is 1. The third-order valence-electron chi connectivity index (χ3n) is 3.13. The summed E-state index contributed by atoms with van der Waals surface area (Å²) in [5, 5.41) is 10.6. The second-order valence-corrected chi connectivity index (χ2v) is 4.36. The summed E-state index contributed by atoms with van der Waals surface area (Å²) in [4.78, 5) is 11.8. The van der Waals surface area contributed by atoms with Crippen molar-refractivity contribution in [2.75, 3.05) is 0 Å². The van der Waals surface area contributed by atoms with Gasteiger partial charge in [0.15, 0.2) is 0 Å². The van der Waals surface area contributed by atoms with Crippen LogP contribution in [0.25, 0.3) is 0 Å². The second-order valence-electron chi connectivity index (χ2n) is 4.36. The molecule has 86 valence electrons. The summed E-state index contributed by atoms with van der Waals surface area (Å²) in [7, 11) is 0. The van der Waals surface area contributed by atoms with E-state index in [4.69, 9.17) is 0 Å². The van der Waals surface area contributed by atoms with Gasteiger partial charge in [-0.25, -0.2) is 5.06 Å². The molecule has 1 aliphatic rings. The van der Waals surface area contributed by atoms with Crippen molar-refractivity contribution in [1.29, 1.82) is 0 Å². The average molecular weight is 219 g/mol. The van der Waals surface area contributed by atoms with Gasteiger partial charge in [-0.15, -0.1) is 0 Å². The number of nitrogens with zero attached hydrogens (tertiary/aromatic N) is 1. The van der Waals surface area contributed by atoms with E-state index in [1.54, 1.807) is 0 Å². The molecule has 1 saturated carbocycles. The van der Waals surface area contributed by atoms with Crippen molar-refractivity contribution in [3.05, 3.63) is 35.9 Å². The molecule has 1 aromatic carbocycles. The zero-order valence-electron chi connectivity index (χ0n) is 9.30. The van der Waals surface area contributed by atoms with Crippen molar-refractivity contribution in [1.82, 2.24) is 5.06 Å². The third-order valence-corrected chi connectivity index (χ3v) is 3.13. The van der Waals surface area contributed by atoms with Crippen molar-refractivity contribution < 1.29 is 10.0 Å². The van der Waals surface area contributed by atoms with Crippen LogP contribution < -0.4 is 0 Å². The normalized spacial score (nSPS) is 16.3.